The molecule has 120 valence electrons. The highest BCUT2D eigenvalue weighted by atomic mass is 32.2. The molecule has 1 aromatic heterocycles. The average molecular weight is 336 g/mol. The number of hydrogen-bond acceptors (Lipinski definition) is 6. The molecule has 0 aliphatic rings. The molecule has 2 aromatic carbocycles. The largest absolute Gasteiger partial charge is 0.507 e. The predicted octanol–water partition coefficient (Wildman–Crippen LogP) is 3.72. The molecule has 0 radical (unpaired) electrons. The van der Waals surface area contributed by atoms with E-state index in [1.165, 1.54) is 4.90 Å². The fourth-order valence-electron chi connectivity index (χ4n) is 2.15. The van der Waals surface area contributed by atoms with Gasteiger partial charge in [-0.15, -0.1) is 11.8 Å². The van der Waals surface area contributed by atoms with E-state index in [9.17, 15) is 5.11 Å². The lowest BCUT2D eigenvalue weighted by Gasteiger charge is -2.04. The second kappa shape index (κ2) is 7.14. The molecule has 0 spiro atoms. The first-order chi connectivity index (χ1) is 11.7. The van der Waals surface area contributed by atoms with Gasteiger partial charge in [0.05, 0.1) is 5.56 Å². The molecule has 0 aliphatic carbocycles. The Hall–Kier alpha value is -2.86. The van der Waals surface area contributed by atoms with Gasteiger partial charge in [-0.05, 0) is 42.2 Å². The third-order valence-corrected chi connectivity index (χ3v) is 4.10. The number of aromatic hydroxyl groups is 1. The van der Waals surface area contributed by atoms with Crippen molar-refractivity contribution >= 4 is 29.9 Å². The van der Waals surface area contributed by atoms with Crippen molar-refractivity contribution in [1.82, 2.24) is 15.0 Å². The van der Waals surface area contributed by atoms with Crippen LogP contribution in [0.15, 0.2) is 53.4 Å². The minimum absolute atomic E-state index is 0.102. The van der Waals surface area contributed by atoms with Crippen molar-refractivity contribution in [1.29, 1.82) is 0 Å². The fourth-order valence-corrected chi connectivity index (χ4v) is 2.56. The molecule has 0 fully saturated rings. The zero-order valence-electron chi connectivity index (χ0n) is 13.0. The first kappa shape index (κ1) is 16.0. The van der Waals surface area contributed by atoms with Crippen LogP contribution in [0.4, 0.5) is 5.95 Å². The molecule has 0 saturated heterocycles. The molecule has 0 saturated carbocycles. The number of nitrogens with two attached hydrogens (primary N) is 1. The Bertz CT molecular complexity index is 878. The van der Waals surface area contributed by atoms with Crippen molar-refractivity contribution < 1.29 is 5.11 Å². The van der Waals surface area contributed by atoms with Gasteiger partial charge in [-0.2, -0.15) is 9.97 Å². The highest BCUT2D eigenvalue weighted by Gasteiger charge is 2.09. The van der Waals surface area contributed by atoms with Gasteiger partial charge < -0.3 is 10.8 Å². The molecule has 3 rings (SSSR count). The molecule has 24 heavy (non-hydrogen) atoms. The Kier molecular flexibility index (Phi) is 4.77. The van der Waals surface area contributed by atoms with Crippen molar-refractivity contribution in [3.05, 3.63) is 59.9 Å². The second-order valence-electron chi connectivity index (χ2n) is 5.00. The van der Waals surface area contributed by atoms with Crippen LogP contribution in [0.3, 0.4) is 0 Å². The Morgan fingerprint density at radius 3 is 2.42 bits per heavy atom. The Morgan fingerprint density at radius 1 is 0.958 bits per heavy atom. The summed E-state index contributed by atoms with van der Waals surface area (Å²) in [5.74, 6) is 0.999. The SMILES string of the molecule is CSc1ccc(C=Cc2nc(N)nc(-c3ccccc3O)n2)cc1. The monoisotopic (exact) mass is 336 g/mol. The van der Waals surface area contributed by atoms with E-state index in [1.54, 1.807) is 42.1 Å². The summed E-state index contributed by atoms with van der Waals surface area (Å²) in [4.78, 5) is 13.8. The smallest absolute Gasteiger partial charge is 0.224 e. The maximum Gasteiger partial charge on any atom is 0.224 e. The molecule has 5 nitrogen and oxygen atoms in total. The lowest BCUT2D eigenvalue weighted by atomic mass is 10.2. The lowest BCUT2D eigenvalue weighted by molar-refractivity contribution is 0.477. The molecular formula is C18H16N4OS. The molecule has 0 bridgehead atoms. The zero-order valence-corrected chi connectivity index (χ0v) is 13.9. The van der Waals surface area contributed by atoms with Gasteiger partial charge in [-0.3, -0.25) is 0 Å². The van der Waals surface area contributed by atoms with Gasteiger partial charge in [-0.1, -0.05) is 30.3 Å². The molecule has 0 amide bonds. The number of anilines is 1. The van der Waals surface area contributed by atoms with Crippen molar-refractivity contribution in [2.75, 3.05) is 12.0 Å². The van der Waals surface area contributed by atoms with E-state index in [0.717, 1.165) is 5.56 Å². The van der Waals surface area contributed by atoms with Crippen LogP contribution in [0, 0.1) is 0 Å². The number of nitrogens with zero attached hydrogens (tertiary/aromatic N) is 3. The van der Waals surface area contributed by atoms with Crippen LogP contribution in [0.1, 0.15) is 11.4 Å². The van der Waals surface area contributed by atoms with Crippen molar-refractivity contribution in [2.24, 2.45) is 0 Å². The van der Waals surface area contributed by atoms with Gasteiger partial charge in [-0.25, -0.2) is 4.98 Å². The summed E-state index contributed by atoms with van der Waals surface area (Å²) in [6, 6.07) is 15.0. The molecule has 0 atom stereocenters. The number of hydrogen-bond donors (Lipinski definition) is 2. The van der Waals surface area contributed by atoms with Gasteiger partial charge >= 0.3 is 0 Å². The maximum absolute atomic E-state index is 9.94. The maximum atomic E-state index is 9.94. The minimum Gasteiger partial charge on any atom is -0.507 e. The van der Waals surface area contributed by atoms with Gasteiger partial charge in [0.2, 0.25) is 5.95 Å². The molecule has 3 N–H and O–H groups in total. The first-order valence-corrected chi connectivity index (χ1v) is 8.50. The van der Waals surface area contributed by atoms with E-state index in [1.807, 2.05) is 24.5 Å². The van der Waals surface area contributed by atoms with Crippen LogP contribution in [0.5, 0.6) is 5.75 Å². The summed E-state index contributed by atoms with van der Waals surface area (Å²) in [6.45, 7) is 0. The van der Waals surface area contributed by atoms with Gasteiger partial charge in [0.1, 0.15) is 5.75 Å². The molecular weight excluding hydrogens is 320 g/mol. The highest BCUT2D eigenvalue weighted by Crippen LogP contribution is 2.26. The number of aromatic nitrogens is 3. The van der Waals surface area contributed by atoms with Crippen molar-refractivity contribution in [2.45, 2.75) is 4.90 Å². The Morgan fingerprint density at radius 2 is 1.71 bits per heavy atom. The van der Waals surface area contributed by atoms with E-state index in [-0.39, 0.29) is 11.7 Å². The minimum atomic E-state index is 0.102. The van der Waals surface area contributed by atoms with E-state index >= 15 is 0 Å². The predicted molar refractivity (Wildman–Crippen MR) is 98.5 cm³/mol. The van der Waals surface area contributed by atoms with Crippen molar-refractivity contribution in [3.63, 3.8) is 0 Å². The third-order valence-electron chi connectivity index (χ3n) is 3.36. The van der Waals surface area contributed by atoms with E-state index in [2.05, 4.69) is 27.1 Å². The first-order valence-electron chi connectivity index (χ1n) is 7.28. The van der Waals surface area contributed by atoms with Crippen LogP contribution in [-0.2, 0) is 0 Å². The number of nitrogen functional groups attached to an aromatic ring is 1. The topological polar surface area (TPSA) is 84.9 Å². The number of thioether (sulfide) groups is 1. The average Bonchev–Trinajstić information content (AvgIpc) is 2.60. The number of rotatable bonds is 4. The summed E-state index contributed by atoms with van der Waals surface area (Å²) in [7, 11) is 0. The quantitative estimate of drug-likeness (QED) is 0.706. The summed E-state index contributed by atoms with van der Waals surface area (Å²) >= 11 is 1.70. The second-order valence-corrected chi connectivity index (χ2v) is 5.88. The standard InChI is InChI=1S/C18H16N4OS/c1-24-13-9-6-12(7-10-13)8-11-16-20-17(22-18(19)21-16)14-4-2-3-5-15(14)23/h2-11,23H,1H3,(H2,19,20,21,22). The summed E-state index contributed by atoms with van der Waals surface area (Å²) in [6.07, 6.45) is 5.72. The Labute approximate surface area is 144 Å². The van der Waals surface area contributed by atoms with Gasteiger partial charge in [0.25, 0.3) is 0 Å². The van der Waals surface area contributed by atoms with E-state index in [4.69, 9.17) is 5.73 Å². The Balaban J connectivity index is 1.91. The van der Waals surface area contributed by atoms with Gasteiger partial charge in [0, 0.05) is 4.90 Å². The lowest BCUT2D eigenvalue weighted by Crippen LogP contribution is -2.02. The van der Waals surface area contributed by atoms with Gasteiger partial charge in [0.15, 0.2) is 11.6 Å². The van der Waals surface area contributed by atoms with E-state index in [0.29, 0.717) is 17.2 Å². The summed E-state index contributed by atoms with van der Waals surface area (Å²) in [5, 5.41) is 9.94. The zero-order chi connectivity index (χ0) is 16.9. The van der Waals surface area contributed by atoms with Crippen LogP contribution < -0.4 is 5.73 Å². The normalized spacial score (nSPS) is 11.0. The fraction of sp³-hybridized carbons (Fsp3) is 0.0556. The van der Waals surface area contributed by atoms with E-state index < -0.39 is 0 Å². The number of phenols is 1. The number of benzene rings is 2. The highest BCUT2D eigenvalue weighted by molar-refractivity contribution is 7.98. The summed E-state index contributed by atoms with van der Waals surface area (Å²) < 4.78 is 0. The number of para-hydroxylation sites is 1. The molecule has 0 unspecified atom stereocenters. The molecule has 3 aromatic rings. The number of phenolic OH excluding ortho intramolecular Hbond substituents is 1. The summed E-state index contributed by atoms with van der Waals surface area (Å²) in [5.41, 5.74) is 7.33. The molecule has 1 heterocycles. The molecule has 0 aliphatic heterocycles. The molecule has 6 heteroatoms. The van der Waals surface area contributed by atoms with Crippen molar-refractivity contribution in [3.8, 4) is 17.1 Å². The van der Waals surface area contributed by atoms with Crippen LogP contribution in [0.2, 0.25) is 0 Å². The van der Waals surface area contributed by atoms with Crippen LogP contribution in [0.25, 0.3) is 23.5 Å². The van der Waals surface area contributed by atoms with Crippen LogP contribution in [-0.4, -0.2) is 26.3 Å². The van der Waals surface area contributed by atoms with Crippen LogP contribution >= 0.6 is 11.8 Å². The third kappa shape index (κ3) is 3.72.